The van der Waals surface area contributed by atoms with Crippen LogP contribution in [0.4, 0.5) is 0 Å². The van der Waals surface area contributed by atoms with Crippen LogP contribution in [0.2, 0.25) is 10.0 Å². The molecule has 0 spiro atoms. The van der Waals surface area contributed by atoms with E-state index in [0.29, 0.717) is 15.6 Å². The van der Waals surface area contributed by atoms with Crippen LogP contribution >= 0.6 is 58.1 Å². The largest absolute Gasteiger partial charge is 0.272 e. The van der Waals surface area contributed by atoms with E-state index in [2.05, 4.69) is 57.1 Å². The van der Waals surface area contributed by atoms with Gasteiger partial charge < -0.3 is 0 Å². The summed E-state index contributed by atoms with van der Waals surface area (Å²) in [6.45, 7) is 0. The van der Waals surface area contributed by atoms with Gasteiger partial charge in [0, 0.05) is 11.3 Å². The zero-order chi connectivity index (χ0) is 22.3. The Morgan fingerprint density at radius 2 is 1.75 bits per heavy atom. The summed E-state index contributed by atoms with van der Waals surface area (Å²) in [7, 11) is 0. The van der Waals surface area contributed by atoms with Gasteiger partial charge in [-0.05, 0) is 22.4 Å². The second-order valence-corrected chi connectivity index (χ2v) is 10.7. The number of aromatic nitrogens is 2. The number of hydrazone groups is 1. The van der Waals surface area contributed by atoms with Crippen molar-refractivity contribution in [2.24, 2.45) is 5.10 Å². The maximum absolute atomic E-state index is 12.0. The Hall–Kier alpha value is -2.10. The Balaban J connectivity index is 1.26. The number of benzene rings is 3. The zero-order valence-corrected chi connectivity index (χ0v) is 20.5. The molecule has 162 valence electrons. The topological polar surface area (TPSA) is 67.2 Å². The number of carbonyl (C=O) groups excluding carboxylic acids is 1. The molecule has 0 bridgehead atoms. The lowest BCUT2D eigenvalue weighted by atomic mass is 10.1. The minimum atomic E-state index is -0.246. The Kier molecular flexibility index (Phi) is 8.05. The highest BCUT2D eigenvalue weighted by Gasteiger charge is 2.10. The lowest BCUT2D eigenvalue weighted by molar-refractivity contribution is -0.118. The van der Waals surface area contributed by atoms with Crippen molar-refractivity contribution >= 4 is 81.0 Å². The second kappa shape index (κ2) is 11.2. The first-order valence-corrected chi connectivity index (χ1v) is 13.0. The van der Waals surface area contributed by atoms with Crippen LogP contribution in [0.25, 0.3) is 10.8 Å². The molecule has 0 saturated carbocycles. The van der Waals surface area contributed by atoms with Crippen molar-refractivity contribution in [1.29, 1.82) is 0 Å². The molecule has 1 aromatic heterocycles. The fraction of sp³-hybridized carbons (Fsp3) is 0.0909. The predicted octanol–water partition coefficient (Wildman–Crippen LogP) is 6.53. The summed E-state index contributed by atoms with van der Waals surface area (Å²) in [6.07, 6.45) is 1.46. The van der Waals surface area contributed by atoms with E-state index in [0.717, 1.165) is 14.4 Å². The molecule has 1 N–H and O–H groups in total. The molecule has 3 aromatic carbocycles. The predicted molar refractivity (Wildman–Crippen MR) is 136 cm³/mol. The van der Waals surface area contributed by atoms with E-state index in [4.69, 9.17) is 23.2 Å². The number of nitrogens with zero attached hydrogens (tertiary/aromatic N) is 3. The fourth-order valence-electron chi connectivity index (χ4n) is 2.83. The first kappa shape index (κ1) is 23.1. The summed E-state index contributed by atoms with van der Waals surface area (Å²) in [6, 6.07) is 19.9. The van der Waals surface area contributed by atoms with Crippen LogP contribution in [0.3, 0.4) is 0 Å². The monoisotopic (exact) mass is 518 g/mol. The van der Waals surface area contributed by atoms with Crippen LogP contribution in [0, 0.1) is 0 Å². The number of fused-ring (bicyclic) bond motifs is 1. The third kappa shape index (κ3) is 6.02. The van der Waals surface area contributed by atoms with E-state index in [1.165, 1.54) is 45.6 Å². The van der Waals surface area contributed by atoms with Crippen LogP contribution in [-0.4, -0.2) is 28.1 Å². The lowest BCUT2D eigenvalue weighted by Crippen LogP contribution is -2.19. The standard InChI is InChI=1S/C22H16Cl2N4OS3/c23-18-10-4-7-15(20(18)24)11-25-26-19(29)13-31-22-28-27-21(32-22)30-12-16-8-3-6-14-5-1-2-9-17(14)16/h1-11H,12-13H2,(H,26,29)/b25-11+. The molecule has 4 aromatic rings. The van der Waals surface area contributed by atoms with Crippen molar-refractivity contribution in [2.45, 2.75) is 14.4 Å². The highest BCUT2D eigenvalue weighted by Crippen LogP contribution is 2.32. The molecule has 4 rings (SSSR count). The average molecular weight is 520 g/mol. The Morgan fingerprint density at radius 1 is 1.00 bits per heavy atom. The number of rotatable bonds is 8. The van der Waals surface area contributed by atoms with Crippen LogP contribution in [-0.2, 0) is 10.5 Å². The molecule has 0 atom stereocenters. The summed E-state index contributed by atoms with van der Waals surface area (Å²) >= 11 is 16.5. The van der Waals surface area contributed by atoms with E-state index >= 15 is 0 Å². The number of amides is 1. The van der Waals surface area contributed by atoms with Gasteiger partial charge in [-0.2, -0.15) is 5.10 Å². The van der Waals surface area contributed by atoms with Crippen molar-refractivity contribution in [3.8, 4) is 0 Å². The zero-order valence-electron chi connectivity index (χ0n) is 16.5. The Morgan fingerprint density at radius 3 is 2.62 bits per heavy atom. The van der Waals surface area contributed by atoms with Crippen LogP contribution in [0.5, 0.6) is 0 Å². The summed E-state index contributed by atoms with van der Waals surface area (Å²) in [5, 5.41) is 15.6. The minimum Gasteiger partial charge on any atom is -0.272 e. The van der Waals surface area contributed by atoms with Gasteiger partial charge in [0.15, 0.2) is 8.68 Å². The number of hydrogen-bond donors (Lipinski definition) is 1. The highest BCUT2D eigenvalue weighted by atomic mass is 35.5. The van der Waals surface area contributed by atoms with Crippen molar-refractivity contribution in [3.63, 3.8) is 0 Å². The summed E-state index contributed by atoms with van der Waals surface area (Å²) < 4.78 is 1.61. The van der Waals surface area contributed by atoms with E-state index < -0.39 is 0 Å². The van der Waals surface area contributed by atoms with E-state index in [1.54, 1.807) is 30.0 Å². The first-order chi connectivity index (χ1) is 15.6. The van der Waals surface area contributed by atoms with Gasteiger partial charge in [-0.15, -0.1) is 10.2 Å². The van der Waals surface area contributed by atoms with E-state index in [9.17, 15) is 4.79 Å². The van der Waals surface area contributed by atoms with Crippen molar-refractivity contribution in [3.05, 3.63) is 81.8 Å². The average Bonchev–Trinajstić information content (AvgIpc) is 3.27. The molecule has 32 heavy (non-hydrogen) atoms. The lowest BCUT2D eigenvalue weighted by Gasteiger charge is -2.04. The van der Waals surface area contributed by atoms with Crippen LogP contribution in [0.15, 0.2) is 74.4 Å². The molecule has 0 aliphatic rings. The third-order valence-corrected chi connectivity index (χ3v) is 8.39. The molecular formula is C22H16Cl2N4OS3. The van der Waals surface area contributed by atoms with Crippen molar-refractivity contribution in [1.82, 2.24) is 15.6 Å². The number of carbonyl (C=O) groups is 1. The van der Waals surface area contributed by atoms with E-state index in [1.807, 2.05) is 6.07 Å². The second-order valence-electron chi connectivity index (χ2n) is 6.49. The molecule has 10 heteroatoms. The summed E-state index contributed by atoms with van der Waals surface area (Å²) in [4.78, 5) is 12.0. The molecule has 0 unspecified atom stereocenters. The SMILES string of the molecule is O=C(CSc1nnc(SCc2cccc3ccccc23)s1)N/N=C/c1cccc(Cl)c1Cl. The molecule has 0 aliphatic heterocycles. The van der Waals surface area contributed by atoms with Gasteiger partial charge in [-0.1, -0.05) is 113 Å². The first-order valence-electron chi connectivity index (χ1n) is 9.42. The molecule has 0 fully saturated rings. The van der Waals surface area contributed by atoms with Gasteiger partial charge in [0.05, 0.1) is 22.0 Å². The van der Waals surface area contributed by atoms with Gasteiger partial charge in [0.25, 0.3) is 5.91 Å². The normalized spacial score (nSPS) is 11.3. The van der Waals surface area contributed by atoms with Gasteiger partial charge in [0.2, 0.25) is 0 Å². The van der Waals surface area contributed by atoms with E-state index in [-0.39, 0.29) is 11.7 Å². The molecule has 1 heterocycles. The van der Waals surface area contributed by atoms with Crippen molar-refractivity contribution < 1.29 is 4.79 Å². The van der Waals surface area contributed by atoms with Gasteiger partial charge in [-0.25, -0.2) is 5.43 Å². The number of hydrogen-bond acceptors (Lipinski definition) is 7. The van der Waals surface area contributed by atoms with Crippen molar-refractivity contribution in [2.75, 3.05) is 5.75 Å². The maximum atomic E-state index is 12.0. The van der Waals surface area contributed by atoms with Gasteiger partial charge in [0.1, 0.15) is 0 Å². The molecule has 0 saturated heterocycles. The van der Waals surface area contributed by atoms with Crippen LogP contribution < -0.4 is 5.43 Å². The minimum absolute atomic E-state index is 0.184. The summed E-state index contributed by atoms with van der Waals surface area (Å²) in [5.74, 6) is 0.745. The number of halogens is 2. The molecule has 1 amide bonds. The quantitative estimate of drug-likeness (QED) is 0.163. The highest BCUT2D eigenvalue weighted by molar-refractivity contribution is 8.03. The maximum Gasteiger partial charge on any atom is 0.250 e. The fourth-order valence-corrected chi connectivity index (χ4v) is 6.00. The van der Waals surface area contributed by atoms with Gasteiger partial charge >= 0.3 is 0 Å². The van der Waals surface area contributed by atoms with Gasteiger partial charge in [-0.3, -0.25) is 4.79 Å². The smallest absolute Gasteiger partial charge is 0.250 e. The molecule has 0 aliphatic carbocycles. The molecular weight excluding hydrogens is 503 g/mol. The number of thioether (sulfide) groups is 2. The van der Waals surface area contributed by atoms with Crippen LogP contribution in [0.1, 0.15) is 11.1 Å². The number of nitrogens with one attached hydrogen (secondary N) is 1. The summed E-state index contributed by atoms with van der Waals surface area (Å²) in [5.41, 5.74) is 4.37. The third-order valence-electron chi connectivity index (χ3n) is 4.32. The molecule has 0 radical (unpaired) electrons. The molecule has 5 nitrogen and oxygen atoms in total. The Labute approximate surface area is 207 Å². The Bertz CT molecular complexity index is 1270.